The fourth-order valence-electron chi connectivity index (χ4n) is 0.881. The maximum atomic E-state index is 11.2. The van der Waals surface area contributed by atoms with Gasteiger partial charge in [0.1, 0.15) is 18.4 Å². The highest BCUT2D eigenvalue weighted by atomic mass is 16.5. The lowest BCUT2D eigenvalue weighted by Gasteiger charge is -2.07. The SMILES string of the molecule is O=C(OCC(O)CO)c1cc(=O)[nH]c(=O)[nH]1. The number of nitrogens with one attached hydrogen (secondary N) is 2. The predicted octanol–water partition coefficient (Wildman–Crippen LogP) is -2.43. The highest BCUT2D eigenvalue weighted by Gasteiger charge is 2.11. The van der Waals surface area contributed by atoms with Crippen molar-refractivity contribution >= 4 is 5.97 Å². The molecule has 4 N–H and O–H groups in total. The zero-order chi connectivity index (χ0) is 12.1. The molecule has 0 aliphatic heterocycles. The summed E-state index contributed by atoms with van der Waals surface area (Å²) in [6, 6.07) is 0.856. The summed E-state index contributed by atoms with van der Waals surface area (Å²) in [4.78, 5) is 36.8. The van der Waals surface area contributed by atoms with E-state index in [-0.39, 0.29) is 5.69 Å². The summed E-state index contributed by atoms with van der Waals surface area (Å²) in [7, 11) is 0. The van der Waals surface area contributed by atoms with Gasteiger partial charge in [0.2, 0.25) is 0 Å². The fourth-order valence-corrected chi connectivity index (χ4v) is 0.881. The summed E-state index contributed by atoms with van der Waals surface area (Å²) in [6.45, 7) is -0.983. The zero-order valence-corrected chi connectivity index (χ0v) is 8.10. The average Bonchev–Trinajstić information content (AvgIpc) is 2.23. The minimum atomic E-state index is -1.20. The zero-order valence-electron chi connectivity index (χ0n) is 8.10. The molecule has 1 rings (SSSR count). The fraction of sp³-hybridized carbons (Fsp3) is 0.375. The molecule has 1 heterocycles. The molecule has 0 saturated carbocycles. The topological polar surface area (TPSA) is 132 Å². The molecule has 0 amide bonds. The van der Waals surface area contributed by atoms with Crippen LogP contribution in [0.25, 0.3) is 0 Å². The van der Waals surface area contributed by atoms with E-state index in [9.17, 15) is 14.4 Å². The highest BCUT2D eigenvalue weighted by Crippen LogP contribution is 1.93. The number of esters is 1. The summed E-state index contributed by atoms with van der Waals surface area (Å²) < 4.78 is 4.52. The minimum absolute atomic E-state index is 0.320. The monoisotopic (exact) mass is 230 g/mol. The quantitative estimate of drug-likeness (QED) is 0.425. The van der Waals surface area contributed by atoms with E-state index in [1.54, 1.807) is 0 Å². The number of carbonyl (C=O) groups is 1. The standard InChI is InChI=1S/C8H10N2O6/c11-2-4(12)3-16-7(14)5-1-6(13)10-8(15)9-5/h1,4,11-12H,2-3H2,(H2,9,10,13,15). The Kier molecular flexibility index (Phi) is 3.97. The van der Waals surface area contributed by atoms with E-state index in [1.807, 2.05) is 4.98 Å². The number of aromatic amines is 2. The van der Waals surface area contributed by atoms with E-state index < -0.39 is 36.5 Å². The van der Waals surface area contributed by atoms with Gasteiger partial charge in [-0.25, -0.2) is 9.59 Å². The van der Waals surface area contributed by atoms with Crippen LogP contribution in [0.3, 0.4) is 0 Å². The number of rotatable bonds is 4. The number of hydrogen-bond acceptors (Lipinski definition) is 6. The third-order valence-electron chi connectivity index (χ3n) is 1.60. The first-order valence-corrected chi connectivity index (χ1v) is 4.32. The molecule has 0 spiro atoms. The van der Waals surface area contributed by atoms with Gasteiger partial charge >= 0.3 is 11.7 Å². The van der Waals surface area contributed by atoms with E-state index in [0.29, 0.717) is 0 Å². The van der Waals surface area contributed by atoms with Gasteiger partial charge in [0, 0.05) is 6.07 Å². The van der Waals surface area contributed by atoms with Crippen LogP contribution in [-0.4, -0.2) is 45.5 Å². The van der Waals surface area contributed by atoms with E-state index in [0.717, 1.165) is 6.07 Å². The van der Waals surface area contributed by atoms with Crippen LogP contribution in [0, 0.1) is 0 Å². The Labute approximate surface area is 88.5 Å². The Bertz CT molecular complexity index is 448. The largest absolute Gasteiger partial charge is 0.458 e. The van der Waals surface area contributed by atoms with Crippen LogP contribution in [0.15, 0.2) is 15.7 Å². The second-order valence-electron chi connectivity index (χ2n) is 2.94. The summed E-state index contributed by atoms with van der Waals surface area (Å²) in [6.07, 6.45) is -1.20. The normalized spacial score (nSPS) is 12.1. The first-order valence-electron chi connectivity index (χ1n) is 4.32. The lowest BCUT2D eigenvalue weighted by Crippen LogP contribution is -2.27. The Morgan fingerprint density at radius 2 is 2.12 bits per heavy atom. The van der Waals surface area contributed by atoms with Gasteiger partial charge in [0.05, 0.1) is 6.61 Å². The summed E-state index contributed by atoms with van der Waals surface area (Å²) in [5.74, 6) is -0.962. The molecule has 8 heteroatoms. The van der Waals surface area contributed by atoms with Crippen LogP contribution in [0.4, 0.5) is 0 Å². The van der Waals surface area contributed by atoms with Gasteiger partial charge in [-0.15, -0.1) is 0 Å². The van der Waals surface area contributed by atoms with Crippen LogP contribution in [0.2, 0.25) is 0 Å². The molecular formula is C8H10N2O6. The highest BCUT2D eigenvalue weighted by molar-refractivity contribution is 5.86. The van der Waals surface area contributed by atoms with Gasteiger partial charge < -0.3 is 19.9 Å². The third kappa shape index (κ3) is 3.33. The van der Waals surface area contributed by atoms with Crippen molar-refractivity contribution in [2.24, 2.45) is 0 Å². The van der Waals surface area contributed by atoms with Crippen molar-refractivity contribution in [3.8, 4) is 0 Å². The molecule has 0 aliphatic rings. The molecule has 0 radical (unpaired) electrons. The number of H-pyrrole nitrogens is 2. The van der Waals surface area contributed by atoms with E-state index in [2.05, 4.69) is 9.72 Å². The number of hydrogen-bond donors (Lipinski definition) is 4. The molecule has 1 unspecified atom stereocenters. The van der Waals surface area contributed by atoms with Crippen molar-refractivity contribution in [1.29, 1.82) is 0 Å². The van der Waals surface area contributed by atoms with Crippen molar-refractivity contribution in [1.82, 2.24) is 9.97 Å². The number of aliphatic hydroxyl groups excluding tert-OH is 2. The molecule has 1 atom stereocenters. The second kappa shape index (κ2) is 5.24. The van der Waals surface area contributed by atoms with Gasteiger partial charge in [-0.1, -0.05) is 0 Å². The predicted molar refractivity (Wildman–Crippen MR) is 51.1 cm³/mol. The minimum Gasteiger partial charge on any atom is -0.458 e. The molecule has 88 valence electrons. The molecule has 8 nitrogen and oxygen atoms in total. The molecule has 1 aromatic heterocycles. The summed E-state index contributed by atoms with van der Waals surface area (Å²) in [5.41, 5.74) is -1.89. The summed E-state index contributed by atoms with van der Waals surface area (Å²) >= 11 is 0. The van der Waals surface area contributed by atoms with Gasteiger partial charge in [-0.05, 0) is 0 Å². The first-order chi connectivity index (χ1) is 7.52. The van der Waals surface area contributed by atoms with Crippen LogP contribution in [0.5, 0.6) is 0 Å². The lowest BCUT2D eigenvalue weighted by atomic mass is 10.4. The van der Waals surface area contributed by atoms with E-state index >= 15 is 0 Å². The van der Waals surface area contributed by atoms with Crippen LogP contribution < -0.4 is 11.2 Å². The molecule has 1 aromatic rings. The number of ether oxygens (including phenoxy) is 1. The van der Waals surface area contributed by atoms with Crippen molar-refractivity contribution in [2.45, 2.75) is 6.10 Å². The van der Waals surface area contributed by atoms with Crippen molar-refractivity contribution in [3.63, 3.8) is 0 Å². The third-order valence-corrected chi connectivity index (χ3v) is 1.60. The average molecular weight is 230 g/mol. The molecule has 0 aromatic carbocycles. The van der Waals surface area contributed by atoms with Gasteiger partial charge in [0.25, 0.3) is 5.56 Å². The van der Waals surface area contributed by atoms with Crippen LogP contribution >= 0.6 is 0 Å². The Morgan fingerprint density at radius 1 is 1.44 bits per heavy atom. The number of aliphatic hydroxyl groups is 2. The molecule has 0 saturated heterocycles. The molecule has 0 bridgehead atoms. The van der Waals surface area contributed by atoms with Crippen molar-refractivity contribution in [2.75, 3.05) is 13.2 Å². The van der Waals surface area contributed by atoms with Gasteiger partial charge in [-0.2, -0.15) is 0 Å². The second-order valence-corrected chi connectivity index (χ2v) is 2.94. The summed E-state index contributed by atoms with van der Waals surface area (Å²) in [5, 5.41) is 17.3. The number of carbonyl (C=O) groups excluding carboxylic acids is 1. The van der Waals surface area contributed by atoms with Gasteiger partial charge in [0.15, 0.2) is 0 Å². The Balaban J connectivity index is 2.73. The number of aromatic nitrogens is 2. The molecule has 0 fully saturated rings. The van der Waals surface area contributed by atoms with Gasteiger partial charge in [-0.3, -0.25) is 9.78 Å². The van der Waals surface area contributed by atoms with E-state index in [4.69, 9.17) is 10.2 Å². The Morgan fingerprint density at radius 3 is 2.69 bits per heavy atom. The maximum absolute atomic E-state index is 11.2. The lowest BCUT2D eigenvalue weighted by molar-refractivity contribution is 0.00883. The smallest absolute Gasteiger partial charge is 0.355 e. The molecule has 16 heavy (non-hydrogen) atoms. The Hall–Kier alpha value is -1.93. The van der Waals surface area contributed by atoms with Crippen LogP contribution in [-0.2, 0) is 4.74 Å². The first kappa shape index (κ1) is 12.1. The molecule has 0 aliphatic carbocycles. The maximum Gasteiger partial charge on any atom is 0.355 e. The van der Waals surface area contributed by atoms with Crippen molar-refractivity contribution in [3.05, 3.63) is 32.6 Å². The van der Waals surface area contributed by atoms with E-state index in [1.165, 1.54) is 0 Å². The molecular weight excluding hydrogens is 220 g/mol. The van der Waals surface area contributed by atoms with Crippen molar-refractivity contribution < 1.29 is 19.7 Å². The van der Waals surface area contributed by atoms with Crippen LogP contribution in [0.1, 0.15) is 10.5 Å².